The summed E-state index contributed by atoms with van der Waals surface area (Å²) in [6.07, 6.45) is 8.65. The zero-order chi connectivity index (χ0) is 14.8. The highest BCUT2D eigenvalue weighted by molar-refractivity contribution is 14.0. The maximum Gasteiger partial charge on any atom is 0.193 e. The molecule has 1 heterocycles. The van der Waals surface area contributed by atoms with E-state index in [-0.39, 0.29) is 24.0 Å². The van der Waals surface area contributed by atoms with Gasteiger partial charge < -0.3 is 10.2 Å². The van der Waals surface area contributed by atoms with Crippen LogP contribution in [0.5, 0.6) is 0 Å². The number of aromatic nitrogens is 1. The van der Waals surface area contributed by atoms with E-state index < -0.39 is 0 Å². The van der Waals surface area contributed by atoms with E-state index in [4.69, 9.17) is 0 Å². The Bertz CT molecular complexity index is 431. The van der Waals surface area contributed by atoms with Gasteiger partial charge in [-0.05, 0) is 26.2 Å². The Morgan fingerprint density at radius 1 is 1.48 bits per heavy atom. The fourth-order valence-electron chi connectivity index (χ4n) is 1.94. The first-order chi connectivity index (χ1) is 9.67. The minimum absolute atomic E-state index is 0. The summed E-state index contributed by atoms with van der Waals surface area (Å²) in [6, 6.07) is 0. The third-order valence-electron chi connectivity index (χ3n) is 3.04. The summed E-state index contributed by atoms with van der Waals surface area (Å²) in [7, 11) is 3.90. The highest BCUT2D eigenvalue weighted by Crippen LogP contribution is 2.10. The Balaban J connectivity index is 0.00000400. The summed E-state index contributed by atoms with van der Waals surface area (Å²) in [4.78, 5) is 12.1. The molecular weight excluding hydrogens is 395 g/mol. The molecule has 0 amide bonds. The first-order valence-corrected chi connectivity index (χ1v) is 7.93. The smallest absolute Gasteiger partial charge is 0.193 e. The number of nitrogens with zero attached hydrogens (tertiary/aromatic N) is 3. The Hall–Kier alpha value is -0.630. The van der Waals surface area contributed by atoms with Crippen molar-refractivity contribution in [1.82, 2.24) is 15.2 Å². The maximum atomic E-state index is 4.35. The van der Waals surface area contributed by atoms with Gasteiger partial charge in [0.05, 0.1) is 6.54 Å². The maximum absolute atomic E-state index is 4.35. The molecule has 1 aromatic heterocycles. The van der Waals surface area contributed by atoms with Crippen LogP contribution in [0, 0.1) is 6.92 Å². The largest absolute Gasteiger partial charge is 0.350 e. The van der Waals surface area contributed by atoms with E-state index in [0.29, 0.717) is 0 Å². The number of thiazole rings is 1. The zero-order valence-electron chi connectivity index (χ0n) is 13.3. The van der Waals surface area contributed by atoms with Gasteiger partial charge >= 0.3 is 0 Å². The van der Waals surface area contributed by atoms with E-state index in [1.54, 1.807) is 11.3 Å². The second-order valence-electron chi connectivity index (χ2n) is 4.82. The topological polar surface area (TPSA) is 40.5 Å². The molecule has 1 aromatic rings. The summed E-state index contributed by atoms with van der Waals surface area (Å²) in [5, 5.41) is 4.46. The Labute approximate surface area is 149 Å². The van der Waals surface area contributed by atoms with Crippen LogP contribution in [0.25, 0.3) is 0 Å². The number of nitrogens with one attached hydrogen (secondary N) is 1. The van der Waals surface area contributed by atoms with Gasteiger partial charge in [-0.1, -0.05) is 12.5 Å². The standard InChI is InChI=1S/C15H26N4S.HI/c1-5-6-7-8-9-10-19(4)15(16-3)18-12-14-17-11-13(2)20-14;/h5,11H,1,6-10,12H2,2-4H3,(H,16,18);1H. The Morgan fingerprint density at radius 3 is 2.81 bits per heavy atom. The van der Waals surface area contributed by atoms with Crippen molar-refractivity contribution < 1.29 is 0 Å². The minimum atomic E-state index is 0. The van der Waals surface area contributed by atoms with Crippen LogP contribution in [0.1, 0.15) is 35.6 Å². The Kier molecular flexibility index (Phi) is 11.6. The fraction of sp³-hybridized carbons (Fsp3) is 0.600. The molecule has 0 aliphatic carbocycles. The zero-order valence-corrected chi connectivity index (χ0v) is 16.4. The van der Waals surface area contributed by atoms with Crippen molar-refractivity contribution in [3.8, 4) is 0 Å². The third kappa shape index (κ3) is 8.40. The summed E-state index contributed by atoms with van der Waals surface area (Å²) in [6.45, 7) is 7.58. The summed E-state index contributed by atoms with van der Waals surface area (Å²) < 4.78 is 0. The van der Waals surface area contributed by atoms with E-state index in [1.807, 2.05) is 19.3 Å². The Morgan fingerprint density at radius 2 is 2.24 bits per heavy atom. The molecule has 0 saturated carbocycles. The number of aryl methyl sites for hydroxylation is 1. The molecule has 0 aliphatic rings. The number of rotatable bonds is 8. The molecule has 4 nitrogen and oxygen atoms in total. The summed E-state index contributed by atoms with van der Waals surface area (Å²) in [5.74, 6) is 0.932. The van der Waals surface area contributed by atoms with Gasteiger partial charge in [0, 0.05) is 31.7 Å². The van der Waals surface area contributed by atoms with Gasteiger partial charge in [-0.3, -0.25) is 4.99 Å². The van der Waals surface area contributed by atoms with Crippen LogP contribution >= 0.6 is 35.3 Å². The molecule has 0 saturated heterocycles. The molecule has 0 bridgehead atoms. The number of allylic oxidation sites excluding steroid dienone is 1. The number of aliphatic imine (C=N–C) groups is 1. The molecular formula is C15H27IN4S. The van der Waals surface area contributed by atoms with Gasteiger partial charge in [0.15, 0.2) is 5.96 Å². The van der Waals surface area contributed by atoms with Crippen LogP contribution in [0.4, 0.5) is 0 Å². The van der Waals surface area contributed by atoms with E-state index >= 15 is 0 Å². The van der Waals surface area contributed by atoms with Crippen LogP contribution in [-0.4, -0.2) is 36.5 Å². The quantitative estimate of drug-likeness (QED) is 0.228. The molecule has 0 unspecified atom stereocenters. The van der Waals surface area contributed by atoms with Crippen LogP contribution in [0.2, 0.25) is 0 Å². The van der Waals surface area contributed by atoms with Crippen LogP contribution < -0.4 is 5.32 Å². The normalized spacial score (nSPS) is 10.9. The van der Waals surface area contributed by atoms with E-state index in [2.05, 4.69) is 40.7 Å². The van der Waals surface area contributed by atoms with Crippen molar-refractivity contribution in [2.75, 3.05) is 20.6 Å². The SMILES string of the molecule is C=CCCCCCN(C)C(=NC)NCc1ncc(C)s1.I. The monoisotopic (exact) mass is 422 g/mol. The minimum Gasteiger partial charge on any atom is -0.350 e. The van der Waals surface area contributed by atoms with Crippen molar-refractivity contribution in [2.45, 2.75) is 39.2 Å². The average Bonchev–Trinajstić information content (AvgIpc) is 2.85. The average molecular weight is 422 g/mol. The molecule has 120 valence electrons. The predicted molar refractivity (Wildman–Crippen MR) is 104 cm³/mol. The molecule has 0 aliphatic heterocycles. The first-order valence-electron chi connectivity index (χ1n) is 7.11. The molecule has 1 rings (SSSR count). The summed E-state index contributed by atoms with van der Waals surface area (Å²) in [5.41, 5.74) is 0. The first kappa shape index (κ1) is 20.4. The highest BCUT2D eigenvalue weighted by Gasteiger charge is 2.06. The van der Waals surface area contributed by atoms with E-state index in [9.17, 15) is 0 Å². The number of halogens is 1. The third-order valence-corrected chi connectivity index (χ3v) is 3.95. The molecule has 6 heteroatoms. The van der Waals surface area contributed by atoms with Gasteiger partial charge in [-0.25, -0.2) is 4.98 Å². The lowest BCUT2D eigenvalue weighted by molar-refractivity contribution is 0.455. The van der Waals surface area contributed by atoms with Crippen molar-refractivity contribution >= 4 is 41.3 Å². The molecule has 0 atom stereocenters. The van der Waals surface area contributed by atoms with Crippen molar-refractivity contribution in [3.63, 3.8) is 0 Å². The molecule has 0 fully saturated rings. The number of unbranched alkanes of at least 4 members (excludes halogenated alkanes) is 3. The molecule has 0 radical (unpaired) electrons. The van der Waals surface area contributed by atoms with E-state index in [1.165, 1.54) is 24.1 Å². The van der Waals surface area contributed by atoms with Crippen LogP contribution in [-0.2, 0) is 6.54 Å². The van der Waals surface area contributed by atoms with E-state index in [0.717, 1.165) is 30.5 Å². The fourth-order valence-corrected chi connectivity index (χ4v) is 2.67. The molecule has 1 N–H and O–H groups in total. The number of hydrogen-bond acceptors (Lipinski definition) is 3. The molecule has 0 aromatic carbocycles. The molecule has 21 heavy (non-hydrogen) atoms. The predicted octanol–water partition coefficient (Wildman–Crippen LogP) is 3.82. The van der Waals surface area contributed by atoms with Gasteiger partial charge in [-0.15, -0.1) is 41.9 Å². The lowest BCUT2D eigenvalue weighted by Crippen LogP contribution is -2.38. The highest BCUT2D eigenvalue weighted by atomic mass is 127. The van der Waals surface area contributed by atoms with Crippen molar-refractivity contribution in [1.29, 1.82) is 0 Å². The lowest BCUT2D eigenvalue weighted by atomic mass is 10.2. The van der Waals surface area contributed by atoms with Crippen molar-refractivity contribution in [3.05, 3.63) is 28.7 Å². The summed E-state index contributed by atoms with van der Waals surface area (Å²) >= 11 is 1.72. The van der Waals surface area contributed by atoms with Gasteiger partial charge in [0.25, 0.3) is 0 Å². The van der Waals surface area contributed by atoms with Gasteiger partial charge in [0.2, 0.25) is 0 Å². The second kappa shape index (κ2) is 12.0. The van der Waals surface area contributed by atoms with Crippen LogP contribution in [0.15, 0.2) is 23.8 Å². The number of guanidine groups is 1. The van der Waals surface area contributed by atoms with Gasteiger partial charge in [0.1, 0.15) is 5.01 Å². The van der Waals surface area contributed by atoms with Crippen LogP contribution in [0.3, 0.4) is 0 Å². The second-order valence-corrected chi connectivity index (χ2v) is 6.14. The van der Waals surface area contributed by atoms with Gasteiger partial charge in [-0.2, -0.15) is 0 Å². The molecule has 0 spiro atoms. The lowest BCUT2D eigenvalue weighted by Gasteiger charge is -2.21. The van der Waals surface area contributed by atoms with Crippen molar-refractivity contribution in [2.24, 2.45) is 4.99 Å². The number of hydrogen-bond donors (Lipinski definition) is 1.